The number of aryl methyl sites for hydroxylation is 2. The van der Waals surface area contributed by atoms with E-state index in [2.05, 4.69) is 0 Å². The molecule has 1 aromatic heterocycles. The summed E-state index contributed by atoms with van der Waals surface area (Å²) in [7, 11) is 0. The average Bonchev–Trinajstić information content (AvgIpc) is 3.33. The number of alkyl halides is 1. The molecule has 1 aromatic carbocycles. The van der Waals surface area contributed by atoms with E-state index in [9.17, 15) is 4.79 Å². The number of hydrogen-bond donors (Lipinski definition) is 1. The largest absolute Gasteiger partial charge is 0.459 e. The van der Waals surface area contributed by atoms with Crippen LogP contribution in [0, 0.1) is 11.8 Å². The quantitative estimate of drug-likeness (QED) is 0.261. The summed E-state index contributed by atoms with van der Waals surface area (Å²) in [5.74, 6) is 0.867. The van der Waals surface area contributed by atoms with E-state index in [0.29, 0.717) is 26.8 Å². The lowest BCUT2D eigenvalue weighted by Crippen LogP contribution is -2.16. The van der Waals surface area contributed by atoms with Crippen molar-refractivity contribution < 1.29 is 14.6 Å². The number of benzene rings is 1. The van der Waals surface area contributed by atoms with Gasteiger partial charge in [0, 0.05) is 20.3 Å². The molecule has 1 heterocycles. The Kier molecular flexibility index (Phi) is 9.99. The van der Waals surface area contributed by atoms with Crippen molar-refractivity contribution in [2.75, 3.05) is 13.2 Å². The number of carbonyl (C=O) groups excluding carboxylic acids is 1. The molecule has 3 nitrogen and oxygen atoms in total. The van der Waals surface area contributed by atoms with Gasteiger partial charge in [-0.25, -0.2) is 4.79 Å². The van der Waals surface area contributed by atoms with Crippen LogP contribution < -0.4 is 0 Å². The summed E-state index contributed by atoms with van der Waals surface area (Å²) in [6, 6.07) is 9.58. The van der Waals surface area contributed by atoms with E-state index in [4.69, 9.17) is 44.6 Å². The number of ether oxygens (including phenoxy) is 1. The zero-order chi connectivity index (χ0) is 22.2. The average molecular weight is 504 g/mol. The van der Waals surface area contributed by atoms with E-state index in [1.807, 2.05) is 24.3 Å². The minimum Gasteiger partial charge on any atom is -0.459 e. The first-order valence-electron chi connectivity index (χ1n) is 10.9. The van der Waals surface area contributed by atoms with Crippen molar-refractivity contribution >= 4 is 52.1 Å². The van der Waals surface area contributed by atoms with Crippen LogP contribution in [-0.4, -0.2) is 29.7 Å². The fourth-order valence-electron chi connectivity index (χ4n) is 4.54. The molecule has 0 radical (unpaired) electrons. The van der Waals surface area contributed by atoms with Gasteiger partial charge in [0.05, 0.1) is 6.61 Å². The summed E-state index contributed by atoms with van der Waals surface area (Å²) in [6.45, 7) is -0.116. The highest BCUT2D eigenvalue weighted by Gasteiger charge is 2.33. The number of esters is 1. The molecule has 0 spiro atoms. The highest BCUT2D eigenvalue weighted by Crippen LogP contribution is 2.41. The number of rotatable bonds is 11. The predicted molar refractivity (Wildman–Crippen MR) is 130 cm³/mol. The minimum atomic E-state index is -0.358. The molecule has 1 aliphatic carbocycles. The topological polar surface area (TPSA) is 46.5 Å². The van der Waals surface area contributed by atoms with Gasteiger partial charge in [0.15, 0.2) is 0 Å². The van der Waals surface area contributed by atoms with Gasteiger partial charge in [-0.1, -0.05) is 23.2 Å². The Labute approximate surface area is 203 Å². The Hall–Kier alpha value is -0.780. The van der Waals surface area contributed by atoms with Crippen molar-refractivity contribution in [3.63, 3.8) is 0 Å². The van der Waals surface area contributed by atoms with Gasteiger partial charge in [0.2, 0.25) is 0 Å². The Morgan fingerprint density at radius 2 is 1.81 bits per heavy atom. The molecule has 1 N–H and O–H groups in total. The minimum absolute atomic E-state index is 0.0383. The van der Waals surface area contributed by atoms with Crippen LogP contribution >= 0.6 is 46.1 Å². The molecule has 0 bridgehead atoms. The van der Waals surface area contributed by atoms with Crippen LogP contribution in [0.5, 0.6) is 0 Å². The molecule has 3 atom stereocenters. The van der Waals surface area contributed by atoms with Gasteiger partial charge >= 0.3 is 5.97 Å². The summed E-state index contributed by atoms with van der Waals surface area (Å²) in [5.41, 5.74) is 1.19. The van der Waals surface area contributed by atoms with Crippen LogP contribution in [0.4, 0.5) is 0 Å². The van der Waals surface area contributed by atoms with Gasteiger partial charge in [-0.05, 0) is 99.1 Å². The van der Waals surface area contributed by atoms with Crippen LogP contribution in [0.25, 0.3) is 0 Å². The van der Waals surface area contributed by atoms with E-state index in [-0.39, 0.29) is 24.6 Å². The lowest BCUT2D eigenvalue weighted by molar-refractivity contribution is 0.0439. The van der Waals surface area contributed by atoms with Crippen LogP contribution in [0.3, 0.4) is 0 Å². The van der Waals surface area contributed by atoms with Gasteiger partial charge in [0.25, 0.3) is 0 Å². The lowest BCUT2D eigenvalue weighted by Gasteiger charge is -2.22. The highest BCUT2D eigenvalue weighted by molar-refractivity contribution is 7.13. The first kappa shape index (κ1) is 24.9. The van der Waals surface area contributed by atoms with Crippen molar-refractivity contribution in [3.05, 3.63) is 55.7 Å². The molecule has 7 heteroatoms. The third kappa shape index (κ3) is 7.64. The molecule has 170 valence electrons. The monoisotopic (exact) mass is 502 g/mol. The third-order valence-corrected chi connectivity index (χ3v) is 8.10. The van der Waals surface area contributed by atoms with E-state index in [1.165, 1.54) is 34.6 Å². The maximum Gasteiger partial charge on any atom is 0.348 e. The number of hydrogen-bond acceptors (Lipinski definition) is 4. The van der Waals surface area contributed by atoms with Crippen molar-refractivity contribution in [3.8, 4) is 0 Å². The summed E-state index contributed by atoms with van der Waals surface area (Å²) < 4.78 is 4.98. The molecule has 0 amide bonds. The first-order valence-corrected chi connectivity index (χ1v) is 12.9. The number of halogens is 3. The molecule has 31 heavy (non-hydrogen) atoms. The molecule has 3 rings (SSSR count). The summed E-state index contributed by atoms with van der Waals surface area (Å²) in [6.07, 6.45) is 8.72. The molecule has 0 aliphatic heterocycles. The van der Waals surface area contributed by atoms with Crippen LogP contribution in [0.1, 0.15) is 58.6 Å². The Morgan fingerprint density at radius 3 is 2.55 bits per heavy atom. The van der Waals surface area contributed by atoms with E-state index >= 15 is 0 Å². The second kappa shape index (κ2) is 12.5. The molecule has 1 aliphatic rings. The SMILES string of the molecule is O=C(OCCO)c1ccc(CCC[C@@H]2[C@@H](CCCc3cc(Cl)cc(Cl)c3)CC[C@H]2Cl)s1. The Balaban J connectivity index is 1.43. The maximum absolute atomic E-state index is 11.9. The smallest absolute Gasteiger partial charge is 0.348 e. The van der Waals surface area contributed by atoms with E-state index in [1.54, 1.807) is 6.07 Å². The van der Waals surface area contributed by atoms with Gasteiger partial charge in [0.1, 0.15) is 11.5 Å². The van der Waals surface area contributed by atoms with Crippen molar-refractivity contribution in [2.45, 2.75) is 56.7 Å². The summed E-state index contributed by atoms with van der Waals surface area (Å²) in [4.78, 5) is 13.7. The molecule has 0 saturated heterocycles. The normalized spacial score (nSPS) is 20.8. The zero-order valence-electron chi connectivity index (χ0n) is 17.5. The molecular weight excluding hydrogens is 475 g/mol. The first-order chi connectivity index (χ1) is 15.0. The highest BCUT2D eigenvalue weighted by atomic mass is 35.5. The zero-order valence-corrected chi connectivity index (χ0v) is 20.6. The number of thiophene rings is 1. The number of aliphatic hydroxyl groups excluding tert-OH is 1. The van der Waals surface area contributed by atoms with Crippen LogP contribution in [-0.2, 0) is 17.6 Å². The third-order valence-electron chi connectivity index (χ3n) is 5.99. The van der Waals surface area contributed by atoms with Crippen molar-refractivity contribution in [2.24, 2.45) is 11.8 Å². The number of aliphatic hydroxyl groups is 1. The van der Waals surface area contributed by atoms with Gasteiger partial charge in [-0.3, -0.25) is 0 Å². The maximum atomic E-state index is 11.9. The second-order valence-electron chi connectivity index (χ2n) is 8.20. The lowest BCUT2D eigenvalue weighted by atomic mass is 9.86. The predicted octanol–water partition coefficient (Wildman–Crippen LogP) is 7.18. The fraction of sp³-hybridized carbons (Fsp3) is 0.542. The van der Waals surface area contributed by atoms with Crippen molar-refractivity contribution in [1.29, 1.82) is 0 Å². The van der Waals surface area contributed by atoms with Gasteiger partial charge in [-0.15, -0.1) is 22.9 Å². The molecule has 0 unspecified atom stereocenters. The van der Waals surface area contributed by atoms with Crippen LogP contribution in [0.15, 0.2) is 30.3 Å². The summed E-state index contributed by atoms with van der Waals surface area (Å²) in [5, 5.41) is 10.4. The van der Waals surface area contributed by atoms with Crippen molar-refractivity contribution in [1.82, 2.24) is 0 Å². The fourth-order valence-corrected chi connectivity index (χ4v) is 6.51. The molecule has 1 fully saturated rings. The molecule has 2 aromatic rings. The van der Waals surface area contributed by atoms with Gasteiger partial charge in [-0.2, -0.15) is 0 Å². The Morgan fingerprint density at radius 1 is 1.06 bits per heavy atom. The molecule has 1 saturated carbocycles. The van der Waals surface area contributed by atoms with E-state index in [0.717, 1.165) is 38.5 Å². The van der Waals surface area contributed by atoms with Crippen LogP contribution in [0.2, 0.25) is 10.0 Å². The molecular formula is C24H29Cl3O3S. The van der Waals surface area contributed by atoms with E-state index < -0.39 is 0 Å². The second-order valence-corrected chi connectivity index (χ2v) is 10.8. The standard InChI is InChI=1S/C24H29Cl3O3S/c25-18-13-16(14-19(26)15-18)3-1-4-17-7-9-22(27)21(17)6-2-5-20-8-10-23(31-20)24(29)30-12-11-28/h8,10,13-15,17,21-22,28H,1-7,9,11-12H2/t17-,21+,22+/m0/s1. The van der Waals surface area contributed by atoms with Gasteiger partial charge < -0.3 is 9.84 Å². The Bertz CT molecular complexity index is 834. The number of carbonyl (C=O) groups is 1. The summed E-state index contributed by atoms with van der Waals surface area (Å²) >= 11 is 20.4.